The highest BCUT2D eigenvalue weighted by Crippen LogP contribution is 2.35. The second-order valence-electron chi connectivity index (χ2n) is 6.92. The van der Waals surface area contributed by atoms with Crippen molar-refractivity contribution < 1.29 is 23.4 Å². The maximum atomic E-state index is 13.2. The lowest BCUT2D eigenvalue weighted by Gasteiger charge is -2.15. The van der Waals surface area contributed by atoms with Crippen LogP contribution in [-0.4, -0.2) is 37.2 Å². The van der Waals surface area contributed by atoms with Gasteiger partial charge in [0.15, 0.2) is 10.9 Å². The molecule has 2 heterocycles. The molecule has 0 aliphatic carbocycles. The molecule has 0 radical (unpaired) electrons. The Hall–Kier alpha value is -3.72. The predicted molar refractivity (Wildman–Crippen MR) is 125 cm³/mol. The molecule has 0 spiro atoms. The second-order valence-corrected chi connectivity index (χ2v) is 7.86. The summed E-state index contributed by atoms with van der Waals surface area (Å²) >= 11 is 1.44. The van der Waals surface area contributed by atoms with E-state index < -0.39 is 0 Å². The highest BCUT2D eigenvalue weighted by Gasteiger charge is 2.22. The summed E-state index contributed by atoms with van der Waals surface area (Å²) in [6.45, 7) is 0.181. The molecule has 0 aliphatic rings. The summed E-state index contributed by atoms with van der Waals surface area (Å²) in [6, 6.07) is 12.8. The molecular formula is C24H23N3O5S. The lowest BCUT2D eigenvalue weighted by molar-refractivity contribution is 0.0924. The molecule has 4 rings (SSSR count). The number of benzene rings is 2. The van der Waals surface area contributed by atoms with Gasteiger partial charge in [-0.15, -0.1) is 0 Å². The number of fused-ring (bicyclic) bond motifs is 1. The highest BCUT2D eigenvalue weighted by molar-refractivity contribution is 7.98. The van der Waals surface area contributed by atoms with Crippen LogP contribution in [-0.2, 0) is 12.3 Å². The molecule has 2 aromatic heterocycles. The number of furan rings is 1. The Bertz CT molecular complexity index is 1230. The molecule has 1 N–H and O–H groups in total. The maximum Gasteiger partial charge on any atom is 0.287 e. The van der Waals surface area contributed by atoms with E-state index >= 15 is 0 Å². The fourth-order valence-electron chi connectivity index (χ4n) is 3.42. The standard InChI is InChI=1S/C24H23N3O5S/c1-29-15-11-20(30-2)17(21(12-15)31-3)13-27-23(28)22-18(14-33-24-25-9-6-10-26-24)16-7-4-5-8-19(16)32-22/h4-12H,13-14H2,1-3H3,(H,27,28). The van der Waals surface area contributed by atoms with Crippen LogP contribution in [0.3, 0.4) is 0 Å². The number of ether oxygens (including phenoxy) is 3. The average molecular weight is 466 g/mol. The van der Waals surface area contributed by atoms with Gasteiger partial charge in [-0.3, -0.25) is 4.79 Å². The monoisotopic (exact) mass is 465 g/mol. The predicted octanol–water partition coefficient (Wildman–Crippen LogP) is 4.47. The molecule has 0 fully saturated rings. The Morgan fingerprint density at radius 1 is 0.970 bits per heavy atom. The van der Waals surface area contributed by atoms with Gasteiger partial charge < -0.3 is 23.9 Å². The summed E-state index contributed by atoms with van der Waals surface area (Å²) in [4.78, 5) is 21.7. The first-order valence-corrected chi connectivity index (χ1v) is 11.1. The Kier molecular flexibility index (Phi) is 6.99. The Balaban J connectivity index is 1.60. The lowest BCUT2D eigenvalue weighted by Crippen LogP contribution is -2.24. The summed E-state index contributed by atoms with van der Waals surface area (Å²) in [5, 5.41) is 4.43. The van der Waals surface area contributed by atoms with Crippen molar-refractivity contribution in [1.29, 1.82) is 0 Å². The van der Waals surface area contributed by atoms with E-state index in [9.17, 15) is 4.79 Å². The third-order valence-corrected chi connectivity index (χ3v) is 5.94. The molecule has 0 unspecified atom stereocenters. The molecule has 33 heavy (non-hydrogen) atoms. The summed E-state index contributed by atoms with van der Waals surface area (Å²) in [5.74, 6) is 2.10. The quantitative estimate of drug-likeness (QED) is 0.286. The maximum absolute atomic E-state index is 13.2. The number of carbonyl (C=O) groups excluding carboxylic acids is 1. The van der Waals surface area contributed by atoms with Crippen molar-refractivity contribution in [2.75, 3.05) is 21.3 Å². The molecule has 0 aliphatic heterocycles. The molecule has 2 aromatic carbocycles. The smallest absolute Gasteiger partial charge is 0.287 e. The van der Waals surface area contributed by atoms with Crippen molar-refractivity contribution in [1.82, 2.24) is 15.3 Å². The largest absolute Gasteiger partial charge is 0.496 e. The zero-order chi connectivity index (χ0) is 23.2. The lowest BCUT2D eigenvalue weighted by atomic mass is 10.1. The van der Waals surface area contributed by atoms with Crippen molar-refractivity contribution in [2.24, 2.45) is 0 Å². The van der Waals surface area contributed by atoms with E-state index in [1.54, 1.807) is 51.9 Å². The van der Waals surface area contributed by atoms with E-state index in [-0.39, 0.29) is 18.2 Å². The fourth-order valence-corrected chi connectivity index (χ4v) is 4.25. The van der Waals surface area contributed by atoms with Crippen molar-refractivity contribution in [3.63, 3.8) is 0 Å². The van der Waals surface area contributed by atoms with E-state index in [0.29, 0.717) is 39.3 Å². The highest BCUT2D eigenvalue weighted by atomic mass is 32.2. The van der Waals surface area contributed by atoms with Crippen molar-refractivity contribution >= 4 is 28.6 Å². The second kappa shape index (κ2) is 10.3. The SMILES string of the molecule is COc1cc(OC)c(CNC(=O)c2oc3ccccc3c2CSc2ncccn2)c(OC)c1. The number of aromatic nitrogens is 2. The molecule has 8 nitrogen and oxygen atoms in total. The summed E-state index contributed by atoms with van der Waals surface area (Å²) < 4.78 is 22.2. The van der Waals surface area contributed by atoms with Crippen LogP contribution in [0.25, 0.3) is 11.0 Å². The van der Waals surface area contributed by atoms with E-state index in [1.165, 1.54) is 11.8 Å². The van der Waals surface area contributed by atoms with Gasteiger partial charge >= 0.3 is 0 Å². The summed E-state index contributed by atoms with van der Waals surface area (Å²) in [7, 11) is 4.68. The number of nitrogens with zero attached hydrogens (tertiary/aromatic N) is 2. The number of hydrogen-bond acceptors (Lipinski definition) is 8. The van der Waals surface area contributed by atoms with Crippen molar-refractivity contribution in [2.45, 2.75) is 17.5 Å². The third kappa shape index (κ3) is 4.88. The van der Waals surface area contributed by atoms with Crippen LogP contribution < -0.4 is 19.5 Å². The minimum atomic E-state index is -0.337. The molecule has 0 saturated carbocycles. The summed E-state index contributed by atoms with van der Waals surface area (Å²) in [6.07, 6.45) is 3.37. The van der Waals surface area contributed by atoms with Crippen molar-refractivity contribution in [3.05, 3.63) is 71.7 Å². The van der Waals surface area contributed by atoms with Gasteiger partial charge in [-0.05, 0) is 12.1 Å². The number of thioether (sulfide) groups is 1. The molecule has 0 bridgehead atoms. The Morgan fingerprint density at radius 2 is 1.67 bits per heavy atom. The van der Waals surface area contributed by atoms with Crippen LogP contribution in [0.2, 0.25) is 0 Å². The van der Waals surface area contributed by atoms with Crippen LogP contribution in [0, 0.1) is 0 Å². The molecule has 170 valence electrons. The number of nitrogens with one attached hydrogen (secondary N) is 1. The van der Waals surface area contributed by atoms with E-state index in [0.717, 1.165) is 10.9 Å². The van der Waals surface area contributed by atoms with Crippen LogP contribution in [0.4, 0.5) is 0 Å². The minimum Gasteiger partial charge on any atom is -0.496 e. The van der Waals surface area contributed by atoms with Gasteiger partial charge in [0.25, 0.3) is 5.91 Å². The fraction of sp³-hybridized carbons (Fsp3) is 0.208. The van der Waals surface area contributed by atoms with E-state index in [2.05, 4.69) is 15.3 Å². The molecular weight excluding hydrogens is 442 g/mol. The zero-order valence-electron chi connectivity index (χ0n) is 18.5. The third-order valence-electron chi connectivity index (χ3n) is 5.04. The van der Waals surface area contributed by atoms with Gasteiger partial charge in [0, 0.05) is 41.2 Å². The first-order chi connectivity index (χ1) is 16.1. The van der Waals surface area contributed by atoms with Crippen LogP contribution in [0.15, 0.2) is 64.4 Å². The molecule has 0 atom stereocenters. The van der Waals surface area contributed by atoms with Gasteiger partial charge in [-0.2, -0.15) is 0 Å². The zero-order valence-corrected chi connectivity index (χ0v) is 19.3. The normalized spacial score (nSPS) is 10.8. The number of carbonyl (C=O) groups is 1. The van der Waals surface area contributed by atoms with Gasteiger partial charge in [0.1, 0.15) is 22.8 Å². The van der Waals surface area contributed by atoms with Gasteiger partial charge in [0.05, 0.1) is 33.4 Å². The average Bonchev–Trinajstić information content (AvgIpc) is 3.24. The van der Waals surface area contributed by atoms with Gasteiger partial charge in [0.2, 0.25) is 0 Å². The molecule has 9 heteroatoms. The van der Waals surface area contributed by atoms with E-state index in [4.69, 9.17) is 18.6 Å². The Morgan fingerprint density at radius 3 is 2.33 bits per heavy atom. The first kappa shape index (κ1) is 22.5. The summed E-state index contributed by atoms with van der Waals surface area (Å²) in [5.41, 5.74) is 2.12. The topological polar surface area (TPSA) is 95.7 Å². The first-order valence-electron chi connectivity index (χ1n) is 10.1. The van der Waals surface area contributed by atoms with Crippen LogP contribution in [0.5, 0.6) is 17.2 Å². The number of amides is 1. The van der Waals surface area contributed by atoms with Gasteiger partial charge in [-0.25, -0.2) is 9.97 Å². The van der Waals surface area contributed by atoms with Crippen molar-refractivity contribution in [3.8, 4) is 17.2 Å². The number of hydrogen-bond donors (Lipinski definition) is 1. The van der Waals surface area contributed by atoms with E-state index in [1.807, 2.05) is 24.3 Å². The molecule has 1 amide bonds. The van der Waals surface area contributed by atoms with Crippen LogP contribution >= 0.6 is 11.8 Å². The molecule has 0 saturated heterocycles. The Labute approximate surface area is 195 Å². The molecule has 4 aromatic rings. The number of methoxy groups -OCH3 is 3. The van der Waals surface area contributed by atoms with Gasteiger partial charge in [-0.1, -0.05) is 30.0 Å². The number of para-hydroxylation sites is 1. The minimum absolute atomic E-state index is 0.181. The van der Waals surface area contributed by atoms with Crippen LogP contribution in [0.1, 0.15) is 21.7 Å². The number of rotatable bonds is 9.